The van der Waals surface area contributed by atoms with Gasteiger partial charge in [-0.3, -0.25) is 14.8 Å². The molecule has 0 aromatic carbocycles. The first-order chi connectivity index (χ1) is 9.84. The quantitative estimate of drug-likeness (QED) is 0.766. The van der Waals surface area contributed by atoms with E-state index in [-0.39, 0.29) is 17.4 Å². The minimum atomic E-state index is -0.298. The van der Waals surface area contributed by atoms with E-state index in [1.54, 1.807) is 0 Å². The molecule has 0 unspecified atom stereocenters. The summed E-state index contributed by atoms with van der Waals surface area (Å²) in [4.78, 5) is 13.9. The Morgan fingerprint density at radius 3 is 2.95 bits per heavy atom. The number of amides is 1. The molecule has 2 rings (SSSR count). The van der Waals surface area contributed by atoms with Crippen LogP contribution in [0.15, 0.2) is 6.07 Å². The number of hydrogen-bond acceptors (Lipinski definition) is 4. The Bertz CT molecular complexity index is 478. The third-order valence-electron chi connectivity index (χ3n) is 3.72. The van der Waals surface area contributed by atoms with Crippen molar-refractivity contribution in [2.75, 3.05) is 19.6 Å². The maximum atomic E-state index is 11.9. The van der Waals surface area contributed by atoms with Crippen LogP contribution in [-0.2, 0) is 16.8 Å². The van der Waals surface area contributed by atoms with Gasteiger partial charge in [-0.2, -0.15) is 5.10 Å². The summed E-state index contributed by atoms with van der Waals surface area (Å²) in [5.41, 5.74) is 1.90. The third kappa shape index (κ3) is 4.82. The minimum absolute atomic E-state index is 0.00268. The number of carbonyl (C=O) groups is 1. The highest BCUT2D eigenvalue weighted by Gasteiger charge is 2.20. The van der Waals surface area contributed by atoms with E-state index >= 15 is 0 Å². The van der Waals surface area contributed by atoms with Gasteiger partial charge in [0.1, 0.15) is 0 Å². The van der Waals surface area contributed by atoms with Gasteiger partial charge in [0.25, 0.3) is 0 Å². The molecule has 6 heteroatoms. The molecule has 1 atom stereocenters. The van der Waals surface area contributed by atoms with Gasteiger partial charge in [-0.25, -0.2) is 0 Å². The molecule has 1 aromatic rings. The lowest BCUT2D eigenvalue weighted by atomic mass is 9.92. The number of hydrogen-bond donors (Lipinski definition) is 3. The number of aliphatic hydroxyl groups is 1. The van der Waals surface area contributed by atoms with Crippen LogP contribution >= 0.6 is 0 Å². The molecule has 1 aromatic heterocycles. The summed E-state index contributed by atoms with van der Waals surface area (Å²) >= 11 is 0. The highest BCUT2D eigenvalue weighted by atomic mass is 16.3. The van der Waals surface area contributed by atoms with Gasteiger partial charge in [-0.05, 0) is 25.5 Å². The lowest BCUT2D eigenvalue weighted by Gasteiger charge is -2.29. The van der Waals surface area contributed by atoms with Crippen LogP contribution < -0.4 is 5.32 Å². The highest BCUT2D eigenvalue weighted by molar-refractivity contribution is 5.77. The Balaban J connectivity index is 1.77. The molecule has 2 heterocycles. The summed E-state index contributed by atoms with van der Waals surface area (Å²) in [6.45, 7) is 8.58. The van der Waals surface area contributed by atoms with Crippen molar-refractivity contribution >= 4 is 5.91 Å². The molecule has 1 amide bonds. The maximum absolute atomic E-state index is 11.9. The number of rotatable bonds is 4. The fourth-order valence-corrected chi connectivity index (χ4v) is 2.46. The number of carbonyl (C=O) groups excluding carboxylic acids is 1. The molecule has 0 spiro atoms. The summed E-state index contributed by atoms with van der Waals surface area (Å²) in [5.74, 6) is -0.0176. The maximum Gasteiger partial charge on any atom is 0.234 e. The van der Waals surface area contributed by atoms with Crippen LogP contribution in [0.5, 0.6) is 0 Å². The van der Waals surface area contributed by atoms with Crippen molar-refractivity contribution in [1.29, 1.82) is 0 Å². The van der Waals surface area contributed by atoms with Gasteiger partial charge >= 0.3 is 0 Å². The summed E-state index contributed by atoms with van der Waals surface area (Å²) in [6, 6.07) is 1.99. The minimum Gasteiger partial charge on any atom is -0.392 e. The monoisotopic (exact) mass is 294 g/mol. The lowest BCUT2D eigenvalue weighted by Crippen LogP contribution is -2.44. The van der Waals surface area contributed by atoms with E-state index in [1.807, 2.05) is 11.0 Å². The molecular formula is C15H26N4O2. The molecule has 0 aliphatic carbocycles. The number of nitrogens with zero attached hydrogens (tertiary/aromatic N) is 2. The number of aromatic amines is 1. The zero-order valence-corrected chi connectivity index (χ0v) is 13.1. The van der Waals surface area contributed by atoms with Crippen LogP contribution in [-0.4, -0.2) is 51.8 Å². The predicted octanol–water partition coefficient (Wildman–Crippen LogP) is 0.780. The molecule has 6 nitrogen and oxygen atoms in total. The molecule has 0 saturated carbocycles. The first-order valence-electron chi connectivity index (χ1n) is 7.56. The van der Waals surface area contributed by atoms with Gasteiger partial charge in [0.2, 0.25) is 5.91 Å². The normalized spacial score (nSPS) is 20.5. The first kappa shape index (κ1) is 16.0. The Morgan fingerprint density at radius 1 is 1.57 bits per heavy atom. The summed E-state index contributed by atoms with van der Waals surface area (Å²) in [5, 5.41) is 19.7. The summed E-state index contributed by atoms with van der Waals surface area (Å²) in [6.07, 6.45) is 1.49. The molecule has 1 saturated heterocycles. The molecule has 1 aliphatic heterocycles. The van der Waals surface area contributed by atoms with Crippen molar-refractivity contribution in [3.63, 3.8) is 0 Å². The number of likely N-dealkylation sites (tertiary alicyclic amines) is 1. The van der Waals surface area contributed by atoms with E-state index in [2.05, 4.69) is 36.3 Å². The Hall–Kier alpha value is -1.40. The average molecular weight is 294 g/mol. The van der Waals surface area contributed by atoms with Gasteiger partial charge in [-0.15, -0.1) is 0 Å². The Labute approximate surface area is 125 Å². The average Bonchev–Trinajstić information content (AvgIpc) is 2.85. The van der Waals surface area contributed by atoms with Crippen molar-refractivity contribution in [2.24, 2.45) is 0 Å². The molecule has 0 bridgehead atoms. The second kappa shape index (κ2) is 6.58. The van der Waals surface area contributed by atoms with Crippen LogP contribution in [0.4, 0.5) is 0 Å². The van der Waals surface area contributed by atoms with Crippen LogP contribution in [0.2, 0.25) is 0 Å². The summed E-state index contributed by atoms with van der Waals surface area (Å²) in [7, 11) is 0. The van der Waals surface area contributed by atoms with E-state index in [9.17, 15) is 9.90 Å². The van der Waals surface area contributed by atoms with Gasteiger partial charge in [0.15, 0.2) is 0 Å². The zero-order valence-electron chi connectivity index (χ0n) is 13.1. The van der Waals surface area contributed by atoms with Gasteiger partial charge in [-0.1, -0.05) is 20.8 Å². The number of β-amino-alcohol motifs (C(OH)–C–C–N with tert-alkyl or cyclic N) is 1. The predicted molar refractivity (Wildman–Crippen MR) is 80.8 cm³/mol. The Morgan fingerprint density at radius 2 is 2.33 bits per heavy atom. The topological polar surface area (TPSA) is 81.3 Å². The van der Waals surface area contributed by atoms with Gasteiger partial charge in [0, 0.05) is 12.0 Å². The standard InChI is InChI=1S/C15H26N4O2/c1-15(2,3)13-7-11(17-18-13)8-16-14(21)10-19-6-4-5-12(20)9-19/h7,12,20H,4-6,8-10H2,1-3H3,(H,16,21)(H,17,18)/t12-/m1/s1. The van der Waals surface area contributed by atoms with Gasteiger partial charge in [0.05, 0.1) is 30.6 Å². The number of nitrogens with one attached hydrogen (secondary N) is 2. The number of aromatic nitrogens is 2. The first-order valence-corrected chi connectivity index (χ1v) is 7.56. The highest BCUT2D eigenvalue weighted by Crippen LogP contribution is 2.20. The van der Waals surface area contributed by atoms with Crippen LogP contribution in [0.1, 0.15) is 45.0 Å². The Kier molecular flexibility index (Phi) is 5.00. The van der Waals surface area contributed by atoms with E-state index in [4.69, 9.17) is 0 Å². The van der Waals surface area contributed by atoms with E-state index in [0.717, 1.165) is 30.8 Å². The van der Waals surface area contributed by atoms with Crippen LogP contribution in [0.25, 0.3) is 0 Å². The largest absolute Gasteiger partial charge is 0.392 e. The fraction of sp³-hybridized carbons (Fsp3) is 0.733. The second-order valence-electron chi connectivity index (χ2n) is 6.84. The SMILES string of the molecule is CC(C)(C)c1cc(CNC(=O)CN2CCC[C@@H](O)C2)[nH]n1. The molecule has 1 aliphatic rings. The number of H-pyrrole nitrogens is 1. The van der Waals surface area contributed by atoms with Crippen molar-refractivity contribution in [3.05, 3.63) is 17.5 Å². The molecular weight excluding hydrogens is 268 g/mol. The molecule has 1 fully saturated rings. The van der Waals surface area contributed by atoms with Crippen LogP contribution in [0.3, 0.4) is 0 Å². The fourth-order valence-electron chi connectivity index (χ4n) is 2.46. The number of piperidine rings is 1. The van der Waals surface area contributed by atoms with Gasteiger partial charge < -0.3 is 10.4 Å². The molecule has 3 N–H and O–H groups in total. The smallest absolute Gasteiger partial charge is 0.234 e. The molecule has 118 valence electrons. The lowest BCUT2D eigenvalue weighted by molar-refractivity contribution is -0.123. The van der Waals surface area contributed by atoms with Crippen molar-refractivity contribution in [1.82, 2.24) is 20.4 Å². The third-order valence-corrected chi connectivity index (χ3v) is 3.72. The zero-order chi connectivity index (χ0) is 15.5. The molecule has 21 heavy (non-hydrogen) atoms. The second-order valence-corrected chi connectivity index (χ2v) is 6.84. The van der Waals surface area contributed by atoms with E-state index in [1.165, 1.54) is 0 Å². The van der Waals surface area contributed by atoms with Crippen molar-refractivity contribution < 1.29 is 9.90 Å². The molecule has 0 radical (unpaired) electrons. The van der Waals surface area contributed by atoms with E-state index < -0.39 is 0 Å². The number of aliphatic hydroxyl groups excluding tert-OH is 1. The van der Waals surface area contributed by atoms with Crippen LogP contribution in [0, 0.1) is 0 Å². The van der Waals surface area contributed by atoms with E-state index in [0.29, 0.717) is 19.6 Å². The summed E-state index contributed by atoms with van der Waals surface area (Å²) < 4.78 is 0. The van der Waals surface area contributed by atoms with Crippen molar-refractivity contribution in [2.45, 2.75) is 51.7 Å². The van der Waals surface area contributed by atoms with Crippen molar-refractivity contribution in [3.8, 4) is 0 Å².